The molecule has 0 heterocycles. The van der Waals surface area contributed by atoms with Crippen LogP contribution in [-0.2, 0) is 6.42 Å². The molecule has 1 atom stereocenters. The van der Waals surface area contributed by atoms with Crippen LogP contribution >= 0.6 is 15.9 Å². The number of hydrogen-bond donors (Lipinski definition) is 2. The van der Waals surface area contributed by atoms with Gasteiger partial charge in [-0.05, 0) is 41.8 Å². The smallest absolute Gasteiger partial charge is 0.251 e. The van der Waals surface area contributed by atoms with Crippen LogP contribution in [0.3, 0.4) is 0 Å². The first-order chi connectivity index (χ1) is 10.1. The van der Waals surface area contributed by atoms with Crippen LogP contribution in [0.5, 0.6) is 0 Å². The quantitative estimate of drug-likeness (QED) is 0.784. The second-order valence-corrected chi connectivity index (χ2v) is 5.59. The van der Waals surface area contributed by atoms with E-state index in [-0.39, 0.29) is 11.4 Å². The maximum atomic E-state index is 11.9. The monoisotopic (exact) mass is 364 g/mol. The molecule has 1 unspecified atom stereocenters. The molecule has 2 aromatic rings. The molecule has 4 N–H and O–H groups in total. The number of carbonyl (C=O) groups excluding carboxylic acids is 1. The second kappa shape index (κ2) is 8.65. The molecular formula is C16H17BrN2O3-2. The lowest BCUT2D eigenvalue weighted by molar-refractivity contribution is -0.424. The lowest BCUT2D eigenvalue weighted by Crippen LogP contribution is -2.26. The summed E-state index contributed by atoms with van der Waals surface area (Å²) in [6, 6.07) is 14.4. The number of benzene rings is 2. The molecule has 6 heteroatoms. The molecule has 0 aliphatic rings. The van der Waals surface area contributed by atoms with Gasteiger partial charge in [-0.15, -0.1) is 0 Å². The number of nitrogens with two attached hydrogens (primary N) is 1. The Morgan fingerprint density at radius 1 is 1.14 bits per heavy atom. The van der Waals surface area contributed by atoms with Crippen molar-refractivity contribution in [3.05, 3.63) is 69.7 Å². The Labute approximate surface area is 137 Å². The van der Waals surface area contributed by atoms with E-state index in [2.05, 4.69) is 21.2 Å². The molecule has 118 valence electrons. The van der Waals surface area contributed by atoms with Crippen molar-refractivity contribution in [2.75, 3.05) is 6.54 Å². The van der Waals surface area contributed by atoms with E-state index in [0.29, 0.717) is 24.1 Å². The summed E-state index contributed by atoms with van der Waals surface area (Å²) < 4.78 is 0.940. The van der Waals surface area contributed by atoms with E-state index in [4.69, 9.17) is 5.73 Å². The molecule has 0 saturated carbocycles. The lowest BCUT2D eigenvalue weighted by atomic mass is 10.1. The summed E-state index contributed by atoms with van der Waals surface area (Å²) in [6.45, 7) is 0.539. The van der Waals surface area contributed by atoms with Crippen molar-refractivity contribution in [2.24, 2.45) is 5.73 Å². The third-order valence-corrected chi connectivity index (χ3v) is 3.64. The summed E-state index contributed by atoms with van der Waals surface area (Å²) >= 11 is 3.33. The van der Waals surface area contributed by atoms with Gasteiger partial charge in [0.05, 0.1) is 0 Å². The van der Waals surface area contributed by atoms with E-state index in [1.165, 1.54) is 0 Å². The van der Waals surface area contributed by atoms with Gasteiger partial charge in [-0.3, -0.25) is 4.79 Å². The average molecular weight is 365 g/mol. The Hall–Kier alpha value is -1.73. The van der Waals surface area contributed by atoms with E-state index in [9.17, 15) is 9.90 Å². The fourth-order valence-electron chi connectivity index (χ4n) is 1.90. The number of amides is 1. The van der Waals surface area contributed by atoms with Crippen molar-refractivity contribution < 1.29 is 15.4 Å². The van der Waals surface area contributed by atoms with Crippen molar-refractivity contribution in [1.82, 2.24) is 5.32 Å². The molecule has 0 aliphatic heterocycles. The van der Waals surface area contributed by atoms with Gasteiger partial charge >= 0.3 is 0 Å². The van der Waals surface area contributed by atoms with Gasteiger partial charge in [0.2, 0.25) is 0 Å². The molecule has 0 aliphatic carbocycles. The maximum Gasteiger partial charge on any atom is 0.251 e. The van der Waals surface area contributed by atoms with E-state index >= 15 is 0 Å². The Kier molecular flexibility index (Phi) is 7.20. The molecule has 0 bridgehead atoms. The van der Waals surface area contributed by atoms with E-state index in [1.54, 1.807) is 24.3 Å². The molecule has 1 amide bonds. The van der Waals surface area contributed by atoms with Gasteiger partial charge in [-0.1, -0.05) is 46.4 Å². The van der Waals surface area contributed by atoms with Crippen LogP contribution in [0.2, 0.25) is 0 Å². The molecule has 0 spiro atoms. The molecule has 0 fully saturated rings. The van der Waals surface area contributed by atoms with Crippen LogP contribution in [0.1, 0.15) is 27.7 Å². The minimum atomic E-state index is -1.20. The van der Waals surface area contributed by atoms with Crippen molar-refractivity contribution in [2.45, 2.75) is 12.6 Å². The molecule has 0 saturated heterocycles. The summed E-state index contributed by atoms with van der Waals surface area (Å²) in [5.74, 6) is -0.0966. The van der Waals surface area contributed by atoms with Crippen LogP contribution in [0, 0.1) is 0 Å². The fraction of sp³-hybridized carbons (Fsp3) is 0.188. The number of carbonyl (C=O) groups is 1. The van der Waals surface area contributed by atoms with Crippen LogP contribution < -0.4 is 16.2 Å². The van der Waals surface area contributed by atoms with Crippen molar-refractivity contribution >= 4 is 21.8 Å². The Balaban J connectivity index is 0.00000242. The van der Waals surface area contributed by atoms with Gasteiger partial charge in [-0.25, -0.2) is 0 Å². The predicted molar refractivity (Wildman–Crippen MR) is 85.5 cm³/mol. The number of rotatable bonds is 5. The minimum absolute atomic E-state index is 0. The highest BCUT2D eigenvalue weighted by Gasteiger charge is 2.04. The predicted octanol–water partition coefficient (Wildman–Crippen LogP) is 1.56. The summed E-state index contributed by atoms with van der Waals surface area (Å²) in [5, 5.41) is 13.9. The number of hydrogen-bond acceptors (Lipinski definition) is 4. The van der Waals surface area contributed by atoms with Crippen molar-refractivity contribution in [3.8, 4) is 0 Å². The van der Waals surface area contributed by atoms with Gasteiger partial charge < -0.3 is 21.6 Å². The zero-order chi connectivity index (χ0) is 15.2. The number of halogens is 1. The first-order valence-electron chi connectivity index (χ1n) is 6.60. The normalized spacial score (nSPS) is 11.4. The van der Waals surface area contributed by atoms with Crippen LogP contribution in [0.15, 0.2) is 53.0 Å². The van der Waals surface area contributed by atoms with Crippen LogP contribution in [0.25, 0.3) is 0 Å². The maximum absolute atomic E-state index is 11.9. The molecule has 0 radical (unpaired) electrons. The lowest BCUT2D eigenvalue weighted by Gasteiger charge is -2.16. The van der Waals surface area contributed by atoms with Gasteiger partial charge in [-0.2, -0.15) is 0 Å². The zero-order valence-corrected chi connectivity index (χ0v) is 13.4. The number of nitrogens with one attached hydrogen (secondary N) is 1. The summed E-state index contributed by atoms with van der Waals surface area (Å²) in [4.78, 5) is 11.9. The Bertz CT molecular complexity index is 598. The Morgan fingerprint density at radius 2 is 1.73 bits per heavy atom. The van der Waals surface area contributed by atoms with Crippen molar-refractivity contribution in [3.63, 3.8) is 0 Å². The highest BCUT2D eigenvalue weighted by Crippen LogP contribution is 2.11. The van der Waals surface area contributed by atoms with E-state index < -0.39 is 6.23 Å². The molecule has 22 heavy (non-hydrogen) atoms. The fourth-order valence-corrected chi connectivity index (χ4v) is 2.16. The Morgan fingerprint density at radius 3 is 2.27 bits per heavy atom. The van der Waals surface area contributed by atoms with Gasteiger partial charge in [0.1, 0.15) is 0 Å². The molecule has 0 aromatic heterocycles. The first-order valence-corrected chi connectivity index (χ1v) is 7.39. The van der Waals surface area contributed by atoms with Gasteiger partial charge in [0, 0.05) is 16.6 Å². The first kappa shape index (κ1) is 18.3. The average Bonchev–Trinajstić information content (AvgIpc) is 2.48. The topological polar surface area (TPSA) is 108 Å². The summed E-state index contributed by atoms with van der Waals surface area (Å²) in [6.07, 6.45) is -0.493. The highest BCUT2D eigenvalue weighted by atomic mass is 79.9. The van der Waals surface area contributed by atoms with Crippen LogP contribution in [-0.4, -0.2) is 17.9 Å². The molecule has 2 aromatic carbocycles. The van der Waals surface area contributed by atoms with Crippen LogP contribution in [0.4, 0.5) is 0 Å². The SMILES string of the molecule is NC([O-])c1ccc(CCNC(=O)c2ccc(Br)cc2)cc1.[OH-]. The second-order valence-electron chi connectivity index (χ2n) is 4.67. The van der Waals surface area contributed by atoms with Gasteiger partial charge in [0.15, 0.2) is 0 Å². The molecule has 2 rings (SSSR count). The third kappa shape index (κ3) is 5.23. The highest BCUT2D eigenvalue weighted by molar-refractivity contribution is 9.10. The largest absolute Gasteiger partial charge is 0.870 e. The summed E-state index contributed by atoms with van der Waals surface area (Å²) in [5.41, 5.74) is 7.51. The molecular weight excluding hydrogens is 348 g/mol. The van der Waals surface area contributed by atoms with Crippen molar-refractivity contribution in [1.29, 1.82) is 0 Å². The third-order valence-electron chi connectivity index (χ3n) is 3.11. The zero-order valence-electron chi connectivity index (χ0n) is 11.8. The van der Waals surface area contributed by atoms with E-state index in [0.717, 1.165) is 10.0 Å². The van der Waals surface area contributed by atoms with E-state index in [1.807, 2.05) is 24.3 Å². The minimum Gasteiger partial charge on any atom is -0.870 e. The molecule has 5 nitrogen and oxygen atoms in total. The van der Waals surface area contributed by atoms with Gasteiger partial charge in [0.25, 0.3) is 5.91 Å². The standard InChI is InChI=1S/C16H16BrN2O2.H2O/c17-14-7-5-13(6-8-14)16(21)19-10-9-11-1-3-12(4-2-11)15(18)20;/h1-8,15H,9-10,18H2,(H,19,21);1H2/q-1;/p-1. The summed E-state index contributed by atoms with van der Waals surface area (Å²) in [7, 11) is 0.